The fraction of sp³-hybridized carbons (Fsp3) is 0.875. The monoisotopic (exact) mass is 175 g/mol. The van der Waals surface area contributed by atoms with E-state index in [0.29, 0.717) is 12.5 Å². The first-order valence-electron chi connectivity index (χ1n) is 3.97. The van der Waals surface area contributed by atoms with E-state index in [1.807, 2.05) is 6.92 Å². The van der Waals surface area contributed by atoms with Crippen LogP contribution in [0.5, 0.6) is 0 Å². The molecule has 1 unspecified atom stereocenters. The lowest BCUT2D eigenvalue weighted by Crippen LogP contribution is -2.29. The first-order chi connectivity index (χ1) is 5.70. The van der Waals surface area contributed by atoms with Crippen LogP contribution in [-0.4, -0.2) is 39.9 Å². The average molecular weight is 175 g/mol. The van der Waals surface area contributed by atoms with E-state index >= 15 is 0 Å². The summed E-state index contributed by atoms with van der Waals surface area (Å²) in [5, 5.41) is 2.97. The van der Waals surface area contributed by atoms with Gasteiger partial charge >= 0.3 is 5.97 Å². The fourth-order valence-electron chi connectivity index (χ4n) is 0.836. The highest BCUT2D eigenvalue weighted by atomic mass is 16.5. The van der Waals surface area contributed by atoms with E-state index in [1.54, 1.807) is 7.11 Å². The van der Waals surface area contributed by atoms with Gasteiger partial charge in [-0.1, -0.05) is 6.92 Å². The summed E-state index contributed by atoms with van der Waals surface area (Å²) in [6.45, 7) is 3.79. The highest BCUT2D eigenvalue weighted by Crippen LogP contribution is 1.91. The second kappa shape index (κ2) is 7.06. The summed E-state index contributed by atoms with van der Waals surface area (Å²) >= 11 is 0. The largest absolute Gasteiger partial charge is 0.468 e. The smallest absolute Gasteiger partial charge is 0.319 e. The van der Waals surface area contributed by atoms with Gasteiger partial charge in [0, 0.05) is 20.3 Å². The van der Waals surface area contributed by atoms with E-state index in [9.17, 15) is 4.79 Å². The summed E-state index contributed by atoms with van der Waals surface area (Å²) in [6.07, 6.45) is 0. The maximum Gasteiger partial charge on any atom is 0.319 e. The van der Waals surface area contributed by atoms with Crippen molar-refractivity contribution in [2.75, 3.05) is 33.9 Å². The van der Waals surface area contributed by atoms with E-state index in [1.165, 1.54) is 7.11 Å². The van der Waals surface area contributed by atoms with Crippen LogP contribution in [-0.2, 0) is 14.3 Å². The molecule has 0 rings (SSSR count). The van der Waals surface area contributed by atoms with E-state index in [2.05, 4.69) is 10.1 Å². The molecule has 0 radical (unpaired) electrons. The van der Waals surface area contributed by atoms with Crippen molar-refractivity contribution < 1.29 is 14.3 Å². The molecule has 1 atom stereocenters. The van der Waals surface area contributed by atoms with Crippen molar-refractivity contribution in [1.82, 2.24) is 5.32 Å². The van der Waals surface area contributed by atoms with Crippen LogP contribution in [0.4, 0.5) is 0 Å². The molecular weight excluding hydrogens is 158 g/mol. The third-order valence-electron chi connectivity index (χ3n) is 1.44. The minimum atomic E-state index is -0.236. The van der Waals surface area contributed by atoms with Crippen molar-refractivity contribution in [2.24, 2.45) is 5.92 Å². The molecule has 12 heavy (non-hydrogen) atoms. The first-order valence-corrected chi connectivity index (χ1v) is 3.97. The number of hydrogen-bond acceptors (Lipinski definition) is 4. The molecule has 0 heterocycles. The van der Waals surface area contributed by atoms with Crippen molar-refractivity contribution in [3.8, 4) is 0 Å². The number of ether oxygens (including phenoxy) is 2. The zero-order chi connectivity index (χ0) is 9.40. The van der Waals surface area contributed by atoms with Gasteiger partial charge in [-0.3, -0.25) is 4.79 Å². The van der Waals surface area contributed by atoms with E-state index in [4.69, 9.17) is 4.74 Å². The minimum absolute atomic E-state index is 0.236. The number of methoxy groups -OCH3 is 2. The molecule has 4 nitrogen and oxygen atoms in total. The summed E-state index contributed by atoms with van der Waals surface area (Å²) in [7, 11) is 3.04. The Morgan fingerprint density at radius 1 is 1.50 bits per heavy atom. The van der Waals surface area contributed by atoms with Gasteiger partial charge in [-0.05, 0) is 5.92 Å². The Balaban J connectivity index is 3.24. The van der Waals surface area contributed by atoms with Crippen molar-refractivity contribution in [3.63, 3.8) is 0 Å². The Morgan fingerprint density at radius 3 is 2.67 bits per heavy atom. The zero-order valence-electron chi connectivity index (χ0n) is 7.92. The van der Waals surface area contributed by atoms with Crippen LogP contribution < -0.4 is 5.32 Å². The molecule has 0 aromatic carbocycles. The lowest BCUT2D eigenvalue weighted by molar-refractivity contribution is -0.139. The zero-order valence-corrected chi connectivity index (χ0v) is 7.92. The molecule has 0 bridgehead atoms. The van der Waals surface area contributed by atoms with Gasteiger partial charge in [-0.2, -0.15) is 0 Å². The Bertz CT molecular complexity index is 127. The van der Waals surface area contributed by atoms with Crippen LogP contribution in [0.25, 0.3) is 0 Å². The summed E-state index contributed by atoms with van der Waals surface area (Å²) in [4.78, 5) is 10.6. The summed E-state index contributed by atoms with van der Waals surface area (Å²) in [6, 6.07) is 0. The third-order valence-corrected chi connectivity index (χ3v) is 1.44. The van der Waals surface area contributed by atoms with Crippen LogP contribution in [0.15, 0.2) is 0 Å². The van der Waals surface area contributed by atoms with Gasteiger partial charge in [0.25, 0.3) is 0 Å². The normalized spacial score (nSPS) is 12.6. The predicted octanol–water partition coefficient (Wildman–Crippen LogP) is 0.0315. The molecule has 0 spiro atoms. The van der Waals surface area contributed by atoms with Crippen LogP contribution in [0.2, 0.25) is 0 Å². The van der Waals surface area contributed by atoms with Crippen molar-refractivity contribution in [1.29, 1.82) is 0 Å². The minimum Gasteiger partial charge on any atom is -0.468 e. The molecule has 0 fully saturated rings. The molecule has 0 aromatic rings. The molecule has 0 aromatic heterocycles. The maximum absolute atomic E-state index is 10.6. The predicted molar refractivity (Wildman–Crippen MR) is 45.9 cm³/mol. The average Bonchev–Trinajstić information content (AvgIpc) is 2.04. The lowest BCUT2D eigenvalue weighted by Gasteiger charge is -2.10. The number of esters is 1. The molecular formula is C8H17NO3. The van der Waals surface area contributed by atoms with E-state index in [-0.39, 0.29) is 12.5 Å². The molecule has 4 heteroatoms. The van der Waals surface area contributed by atoms with Gasteiger partial charge in [0.15, 0.2) is 0 Å². The summed E-state index contributed by atoms with van der Waals surface area (Å²) < 4.78 is 9.39. The number of carbonyl (C=O) groups excluding carboxylic acids is 1. The van der Waals surface area contributed by atoms with Gasteiger partial charge in [0.05, 0.1) is 13.7 Å². The molecule has 0 saturated heterocycles. The van der Waals surface area contributed by atoms with Crippen molar-refractivity contribution >= 4 is 5.97 Å². The first kappa shape index (κ1) is 11.4. The van der Waals surface area contributed by atoms with Gasteiger partial charge < -0.3 is 14.8 Å². The molecule has 0 aliphatic carbocycles. The third kappa shape index (κ3) is 6.12. The Labute approximate surface area is 73.2 Å². The molecule has 72 valence electrons. The standard InChI is InChI=1S/C8H17NO3/c1-7(6-11-2)4-9-5-8(10)12-3/h7,9H,4-6H2,1-3H3. The number of hydrogen-bond donors (Lipinski definition) is 1. The molecule has 0 saturated carbocycles. The second-order valence-corrected chi connectivity index (χ2v) is 2.77. The summed E-state index contributed by atoms with van der Waals surface area (Å²) in [5.74, 6) is 0.180. The van der Waals surface area contributed by atoms with Gasteiger partial charge in [0.1, 0.15) is 0 Å². The Hall–Kier alpha value is -0.610. The highest BCUT2D eigenvalue weighted by Gasteiger charge is 2.02. The fourth-order valence-corrected chi connectivity index (χ4v) is 0.836. The van der Waals surface area contributed by atoms with Crippen molar-refractivity contribution in [3.05, 3.63) is 0 Å². The van der Waals surface area contributed by atoms with Gasteiger partial charge in [-0.25, -0.2) is 0 Å². The Morgan fingerprint density at radius 2 is 2.17 bits per heavy atom. The van der Waals surface area contributed by atoms with Crippen molar-refractivity contribution in [2.45, 2.75) is 6.92 Å². The van der Waals surface area contributed by atoms with Gasteiger partial charge in [-0.15, -0.1) is 0 Å². The molecule has 0 amide bonds. The Kier molecular flexibility index (Phi) is 6.70. The number of rotatable bonds is 6. The van der Waals surface area contributed by atoms with E-state index in [0.717, 1.165) is 6.54 Å². The molecule has 0 aliphatic rings. The van der Waals surface area contributed by atoms with Gasteiger partial charge in [0.2, 0.25) is 0 Å². The number of carbonyl (C=O) groups is 1. The van der Waals surface area contributed by atoms with Crippen LogP contribution in [0.3, 0.4) is 0 Å². The van der Waals surface area contributed by atoms with Crippen LogP contribution >= 0.6 is 0 Å². The van der Waals surface area contributed by atoms with Crippen LogP contribution in [0, 0.1) is 5.92 Å². The lowest BCUT2D eigenvalue weighted by atomic mass is 10.2. The topological polar surface area (TPSA) is 47.6 Å². The summed E-state index contributed by atoms with van der Waals surface area (Å²) in [5.41, 5.74) is 0. The molecule has 1 N–H and O–H groups in total. The number of nitrogens with one attached hydrogen (secondary N) is 1. The quantitative estimate of drug-likeness (QED) is 0.579. The highest BCUT2D eigenvalue weighted by molar-refractivity contribution is 5.71. The SMILES string of the molecule is COCC(C)CNCC(=O)OC. The second-order valence-electron chi connectivity index (χ2n) is 2.77. The molecule has 0 aliphatic heterocycles. The van der Waals surface area contributed by atoms with E-state index < -0.39 is 0 Å². The van der Waals surface area contributed by atoms with Crippen LogP contribution in [0.1, 0.15) is 6.92 Å². The maximum atomic E-state index is 10.6.